The second-order valence-electron chi connectivity index (χ2n) is 8.63. The van der Waals surface area contributed by atoms with Crippen LogP contribution in [0, 0.1) is 3.57 Å². The molecule has 190 valence electrons. The summed E-state index contributed by atoms with van der Waals surface area (Å²) in [6.45, 7) is 1.12. The minimum Gasteiger partial charge on any atom is -0.352 e. The van der Waals surface area contributed by atoms with Crippen molar-refractivity contribution in [3.63, 3.8) is 0 Å². The van der Waals surface area contributed by atoms with Crippen LogP contribution in [0.1, 0.15) is 38.2 Å². The summed E-state index contributed by atoms with van der Waals surface area (Å²) in [6.07, 6.45) is 4.95. The van der Waals surface area contributed by atoms with Gasteiger partial charge in [0.2, 0.25) is 21.8 Å². The number of amides is 2. The molecule has 0 radical (unpaired) electrons. The van der Waals surface area contributed by atoms with Crippen molar-refractivity contribution in [3.05, 3.63) is 61.6 Å². The molecule has 11 heteroatoms. The molecule has 2 aromatic carbocycles. The van der Waals surface area contributed by atoms with Crippen molar-refractivity contribution in [2.45, 2.75) is 51.2 Å². The zero-order valence-electron chi connectivity index (χ0n) is 19.5. The molecule has 0 bridgehead atoms. The number of sulfonamides is 1. The van der Waals surface area contributed by atoms with Gasteiger partial charge < -0.3 is 10.2 Å². The fourth-order valence-corrected chi connectivity index (χ4v) is 5.78. The highest BCUT2D eigenvalue weighted by molar-refractivity contribution is 14.1. The molecule has 1 aliphatic rings. The lowest BCUT2D eigenvalue weighted by Crippen LogP contribution is -2.52. The Morgan fingerprint density at radius 3 is 2.20 bits per heavy atom. The van der Waals surface area contributed by atoms with E-state index in [2.05, 4.69) is 27.9 Å². The van der Waals surface area contributed by atoms with Crippen LogP contribution in [0.2, 0.25) is 10.0 Å². The van der Waals surface area contributed by atoms with Crippen LogP contribution in [0.3, 0.4) is 0 Å². The molecule has 0 saturated heterocycles. The molecule has 7 nitrogen and oxygen atoms in total. The summed E-state index contributed by atoms with van der Waals surface area (Å²) >= 11 is 14.8. The Morgan fingerprint density at radius 2 is 1.66 bits per heavy atom. The van der Waals surface area contributed by atoms with E-state index < -0.39 is 28.5 Å². The van der Waals surface area contributed by atoms with Crippen LogP contribution in [0.4, 0.5) is 5.69 Å². The number of carbonyl (C=O) groups excluding carboxylic acids is 2. The van der Waals surface area contributed by atoms with E-state index in [9.17, 15) is 18.0 Å². The summed E-state index contributed by atoms with van der Waals surface area (Å²) in [5.74, 6) is -0.840. The van der Waals surface area contributed by atoms with Crippen molar-refractivity contribution in [2.24, 2.45) is 0 Å². The molecule has 0 heterocycles. The highest BCUT2D eigenvalue weighted by Gasteiger charge is 2.32. The first kappa shape index (κ1) is 28.0. The number of benzene rings is 2. The maximum Gasteiger partial charge on any atom is 0.244 e. The molecule has 0 aliphatic heterocycles. The fourth-order valence-electron chi connectivity index (χ4n) is 4.05. The second kappa shape index (κ2) is 12.1. The summed E-state index contributed by atoms with van der Waals surface area (Å²) in [6, 6.07) is 11.0. The molecule has 2 amide bonds. The van der Waals surface area contributed by atoms with Gasteiger partial charge >= 0.3 is 0 Å². The van der Waals surface area contributed by atoms with Crippen molar-refractivity contribution >= 4 is 73.3 Å². The Bertz CT molecular complexity index is 1150. The van der Waals surface area contributed by atoms with Crippen LogP contribution in [0.15, 0.2) is 42.5 Å². The van der Waals surface area contributed by atoms with E-state index >= 15 is 0 Å². The summed E-state index contributed by atoms with van der Waals surface area (Å²) in [7, 11) is -3.78. The lowest BCUT2D eigenvalue weighted by atomic mass is 10.1. The van der Waals surface area contributed by atoms with E-state index in [1.54, 1.807) is 49.4 Å². The maximum absolute atomic E-state index is 13.6. The first-order valence-corrected chi connectivity index (χ1v) is 14.9. The van der Waals surface area contributed by atoms with Crippen molar-refractivity contribution in [1.29, 1.82) is 0 Å². The average Bonchev–Trinajstić information content (AvgIpc) is 3.30. The molecule has 1 aliphatic carbocycles. The Kier molecular flexibility index (Phi) is 9.70. The van der Waals surface area contributed by atoms with Gasteiger partial charge in [0.25, 0.3) is 0 Å². The van der Waals surface area contributed by atoms with Gasteiger partial charge in [-0.3, -0.25) is 13.9 Å². The van der Waals surface area contributed by atoms with Crippen LogP contribution >= 0.6 is 45.8 Å². The minimum atomic E-state index is -3.78. The molecule has 1 fully saturated rings. The molecule has 1 saturated carbocycles. The van der Waals surface area contributed by atoms with Crippen LogP contribution in [-0.2, 0) is 26.2 Å². The van der Waals surface area contributed by atoms with Gasteiger partial charge in [-0.2, -0.15) is 0 Å². The predicted octanol–water partition coefficient (Wildman–Crippen LogP) is 4.84. The molecular weight excluding hydrogens is 624 g/mol. The molecule has 0 unspecified atom stereocenters. The standard InChI is InChI=1S/C24H28Cl2IN3O4S/c1-16(24(32)28-18-6-3-4-7-18)29(14-20-21(25)8-5-9-22(20)26)23(31)15-30(35(2,33)34)19-12-10-17(27)11-13-19/h5,8-13,16,18H,3-4,6-7,14-15H2,1-2H3,(H,28,32)/t16-/m1/s1. The van der Waals surface area contributed by atoms with Crippen LogP contribution in [-0.4, -0.2) is 50.0 Å². The van der Waals surface area contributed by atoms with E-state index in [1.165, 1.54) is 4.90 Å². The smallest absolute Gasteiger partial charge is 0.244 e. The first-order chi connectivity index (χ1) is 16.5. The van der Waals surface area contributed by atoms with Crippen LogP contribution < -0.4 is 9.62 Å². The third-order valence-corrected chi connectivity index (χ3v) is 8.62. The minimum absolute atomic E-state index is 0.0408. The molecule has 2 aromatic rings. The summed E-state index contributed by atoms with van der Waals surface area (Å²) in [5.41, 5.74) is 0.852. The quantitative estimate of drug-likeness (QED) is 0.393. The van der Waals surface area contributed by atoms with Crippen LogP contribution in [0.5, 0.6) is 0 Å². The third kappa shape index (κ3) is 7.47. The van der Waals surface area contributed by atoms with E-state index in [4.69, 9.17) is 23.2 Å². The van der Waals surface area contributed by atoms with E-state index in [-0.39, 0.29) is 18.5 Å². The van der Waals surface area contributed by atoms with Gasteiger partial charge in [-0.15, -0.1) is 0 Å². The van der Waals surface area contributed by atoms with Gasteiger partial charge in [0.1, 0.15) is 12.6 Å². The molecule has 0 aromatic heterocycles. The molecular formula is C24H28Cl2IN3O4S. The third-order valence-electron chi connectivity index (χ3n) is 6.05. The lowest BCUT2D eigenvalue weighted by Gasteiger charge is -2.32. The highest BCUT2D eigenvalue weighted by atomic mass is 127. The van der Waals surface area contributed by atoms with Gasteiger partial charge in [0, 0.05) is 31.8 Å². The Hall–Kier alpha value is -1.56. The zero-order chi connectivity index (χ0) is 25.8. The van der Waals surface area contributed by atoms with E-state index in [0.717, 1.165) is 39.8 Å². The second-order valence-corrected chi connectivity index (χ2v) is 12.6. The summed E-state index contributed by atoms with van der Waals surface area (Å²) in [4.78, 5) is 28.0. The monoisotopic (exact) mass is 651 g/mol. The number of hydrogen-bond acceptors (Lipinski definition) is 4. The average molecular weight is 652 g/mol. The molecule has 1 N–H and O–H groups in total. The number of nitrogens with zero attached hydrogens (tertiary/aromatic N) is 2. The van der Waals surface area contributed by atoms with E-state index in [1.807, 2.05) is 0 Å². The molecule has 1 atom stereocenters. The number of halogens is 3. The predicted molar refractivity (Wildman–Crippen MR) is 148 cm³/mol. The van der Waals surface area contributed by atoms with Gasteiger partial charge in [-0.25, -0.2) is 8.42 Å². The SMILES string of the molecule is C[C@H](C(=O)NC1CCCC1)N(Cc1c(Cl)cccc1Cl)C(=O)CN(c1ccc(I)cc1)S(C)(=O)=O. The van der Waals surface area contributed by atoms with Gasteiger partial charge in [0.05, 0.1) is 11.9 Å². The summed E-state index contributed by atoms with van der Waals surface area (Å²) in [5, 5.41) is 3.73. The molecule has 3 rings (SSSR count). The topological polar surface area (TPSA) is 86.8 Å². The van der Waals surface area contributed by atoms with Gasteiger partial charge in [-0.1, -0.05) is 42.1 Å². The van der Waals surface area contributed by atoms with Crippen molar-refractivity contribution in [1.82, 2.24) is 10.2 Å². The number of hydrogen-bond donors (Lipinski definition) is 1. The maximum atomic E-state index is 13.6. The van der Waals surface area contributed by atoms with Crippen molar-refractivity contribution in [2.75, 3.05) is 17.1 Å². The highest BCUT2D eigenvalue weighted by Crippen LogP contribution is 2.27. The molecule has 0 spiro atoms. The number of anilines is 1. The Morgan fingerprint density at radius 1 is 1.09 bits per heavy atom. The fraction of sp³-hybridized carbons (Fsp3) is 0.417. The first-order valence-electron chi connectivity index (χ1n) is 11.2. The van der Waals surface area contributed by atoms with E-state index in [0.29, 0.717) is 21.3 Å². The van der Waals surface area contributed by atoms with Gasteiger partial charge in [-0.05, 0) is 78.8 Å². The largest absolute Gasteiger partial charge is 0.352 e. The lowest BCUT2D eigenvalue weighted by molar-refractivity contribution is -0.139. The van der Waals surface area contributed by atoms with Crippen LogP contribution in [0.25, 0.3) is 0 Å². The Balaban J connectivity index is 1.91. The number of nitrogens with one attached hydrogen (secondary N) is 1. The van der Waals surface area contributed by atoms with Crippen molar-refractivity contribution < 1.29 is 18.0 Å². The van der Waals surface area contributed by atoms with Crippen molar-refractivity contribution in [3.8, 4) is 0 Å². The normalized spacial score (nSPS) is 15.0. The number of carbonyl (C=O) groups is 2. The number of rotatable bonds is 9. The Labute approximate surface area is 230 Å². The molecule has 35 heavy (non-hydrogen) atoms. The zero-order valence-corrected chi connectivity index (χ0v) is 24.0. The van der Waals surface area contributed by atoms with Gasteiger partial charge in [0.15, 0.2) is 0 Å². The summed E-state index contributed by atoms with van der Waals surface area (Å²) < 4.78 is 27.2.